The lowest BCUT2D eigenvalue weighted by Gasteiger charge is -2.15. The molecule has 0 radical (unpaired) electrons. The number of hydrogen-bond donors (Lipinski definition) is 1. The van der Waals surface area contributed by atoms with Gasteiger partial charge in [0.25, 0.3) is 0 Å². The summed E-state index contributed by atoms with van der Waals surface area (Å²) in [5.41, 5.74) is 0.516. The maximum Gasteiger partial charge on any atom is 0.348 e. The average Bonchev–Trinajstić information content (AvgIpc) is 3.29. The van der Waals surface area contributed by atoms with E-state index < -0.39 is 27.7 Å². The van der Waals surface area contributed by atoms with Gasteiger partial charge < -0.3 is 9.84 Å². The Morgan fingerprint density at radius 3 is 2.50 bits per heavy atom. The first-order chi connectivity index (χ1) is 15.8. The molecule has 0 saturated heterocycles. The van der Waals surface area contributed by atoms with Crippen LogP contribution in [0, 0.1) is 19.3 Å². The van der Waals surface area contributed by atoms with E-state index >= 15 is 0 Å². The number of carbonyl (C=O) groups excluding carboxylic acids is 2. The molecule has 12 heteroatoms. The van der Waals surface area contributed by atoms with Gasteiger partial charge in [-0.2, -0.15) is 10.2 Å². The number of benzene rings is 1. The molecule has 0 spiro atoms. The number of aromatic nitrogens is 4. The number of aryl methyl sites for hydroxylation is 3. The zero-order valence-electron chi connectivity index (χ0n) is 18.7. The molecule has 0 bridgehead atoms. The first kappa shape index (κ1) is 25.2. The van der Waals surface area contributed by atoms with Crippen LogP contribution in [0.15, 0.2) is 29.4 Å². The molecular formula is C22H21ClN4O6S. The van der Waals surface area contributed by atoms with E-state index in [-0.39, 0.29) is 44.5 Å². The number of esters is 1. The predicted molar refractivity (Wildman–Crippen MR) is 123 cm³/mol. The Morgan fingerprint density at radius 1 is 1.26 bits per heavy atom. The number of aliphatic hydroxyl groups excluding tert-OH is 1. The number of aliphatic hydroxyl groups is 1. The lowest BCUT2D eigenvalue weighted by atomic mass is 10.00. The summed E-state index contributed by atoms with van der Waals surface area (Å²) < 4.78 is 32.5. The fraction of sp³-hybridized carbons (Fsp3) is 0.273. The second-order valence-electron chi connectivity index (χ2n) is 7.57. The van der Waals surface area contributed by atoms with Gasteiger partial charge in [0.1, 0.15) is 17.2 Å². The number of terminal acetylenes is 1. The van der Waals surface area contributed by atoms with E-state index in [0.29, 0.717) is 5.69 Å². The first-order valence-corrected chi connectivity index (χ1v) is 12.1. The summed E-state index contributed by atoms with van der Waals surface area (Å²) in [6, 6.07) is 2.46. The number of hydrogen-bond acceptors (Lipinski definition) is 8. The number of carbonyl (C=O) groups is 2. The van der Waals surface area contributed by atoms with Gasteiger partial charge in [-0.1, -0.05) is 17.5 Å². The normalized spacial score (nSPS) is 12.3. The molecular weight excluding hydrogens is 484 g/mol. The lowest BCUT2D eigenvalue weighted by molar-refractivity contribution is 0.0717. The highest BCUT2D eigenvalue weighted by atomic mass is 35.5. The number of halogens is 1. The second-order valence-corrected chi connectivity index (χ2v) is 9.93. The fourth-order valence-electron chi connectivity index (χ4n) is 3.36. The lowest BCUT2D eigenvalue weighted by Crippen LogP contribution is -2.16. The Bertz CT molecular complexity index is 1450. The largest absolute Gasteiger partial charge is 0.403 e. The van der Waals surface area contributed by atoms with Crippen LogP contribution in [-0.2, 0) is 30.4 Å². The Morgan fingerprint density at radius 2 is 1.94 bits per heavy atom. The summed E-state index contributed by atoms with van der Waals surface area (Å²) >= 11 is 6.44. The molecule has 1 unspecified atom stereocenters. The van der Waals surface area contributed by atoms with E-state index in [4.69, 9.17) is 22.8 Å². The standard InChI is InChI=1S/C22H21ClN4O6S/c1-6-13(28)9-15-18(34(5,31)32)8-7-14(19(15)23)20(29)16-10-24-27(4)21(16)33-22(30)17-11-26(3)25-12(17)2/h1,7-8,10-11,13,28H,9H2,2-5H3. The third kappa shape index (κ3) is 4.89. The summed E-state index contributed by atoms with van der Waals surface area (Å²) in [5, 5.41) is 17.8. The summed E-state index contributed by atoms with van der Waals surface area (Å²) in [5.74, 6) is 0.560. The molecule has 0 amide bonds. The first-order valence-electron chi connectivity index (χ1n) is 9.79. The summed E-state index contributed by atoms with van der Waals surface area (Å²) in [4.78, 5) is 25.9. The van der Waals surface area contributed by atoms with Crippen molar-refractivity contribution in [2.75, 3.05) is 6.26 Å². The number of ketones is 1. The van der Waals surface area contributed by atoms with Crippen LogP contribution in [0.5, 0.6) is 5.88 Å². The highest BCUT2D eigenvalue weighted by Crippen LogP contribution is 2.32. The zero-order chi connectivity index (χ0) is 25.4. The molecule has 0 aliphatic heterocycles. The molecule has 0 fully saturated rings. The van der Waals surface area contributed by atoms with Crippen LogP contribution >= 0.6 is 11.6 Å². The minimum Gasteiger partial charge on any atom is -0.403 e. The van der Waals surface area contributed by atoms with E-state index in [2.05, 4.69) is 16.1 Å². The fourth-order valence-corrected chi connectivity index (χ4v) is 4.69. The maximum absolute atomic E-state index is 13.4. The minimum atomic E-state index is -3.74. The Labute approximate surface area is 201 Å². The number of nitrogens with zero attached hydrogens (tertiary/aromatic N) is 4. The van der Waals surface area contributed by atoms with Gasteiger partial charge in [-0.25, -0.2) is 17.9 Å². The summed E-state index contributed by atoms with van der Waals surface area (Å²) in [7, 11) is -0.602. The molecule has 0 saturated carbocycles. The van der Waals surface area contributed by atoms with Gasteiger partial charge >= 0.3 is 5.97 Å². The second kappa shape index (κ2) is 9.42. The van der Waals surface area contributed by atoms with Gasteiger partial charge in [0.15, 0.2) is 9.84 Å². The van der Waals surface area contributed by atoms with Crippen molar-refractivity contribution in [3.8, 4) is 18.2 Å². The van der Waals surface area contributed by atoms with Crippen LogP contribution in [0.2, 0.25) is 5.02 Å². The highest BCUT2D eigenvalue weighted by Gasteiger charge is 2.28. The van der Waals surface area contributed by atoms with Crippen molar-refractivity contribution in [2.24, 2.45) is 14.1 Å². The molecule has 178 valence electrons. The van der Waals surface area contributed by atoms with E-state index in [1.165, 1.54) is 40.9 Å². The van der Waals surface area contributed by atoms with Crippen molar-refractivity contribution in [3.63, 3.8) is 0 Å². The van der Waals surface area contributed by atoms with Crippen molar-refractivity contribution >= 4 is 33.2 Å². The van der Waals surface area contributed by atoms with Gasteiger partial charge in [0.2, 0.25) is 11.7 Å². The van der Waals surface area contributed by atoms with Crippen LogP contribution in [0.1, 0.15) is 37.5 Å². The van der Waals surface area contributed by atoms with Crippen molar-refractivity contribution in [3.05, 3.63) is 57.5 Å². The van der Waals surface area contributed by atoms with Gasteiger partial charge in [0, 0.05) is 38.5 Å². The van der Waals surface area contributed by atoms with Crippen LogP contribution < -0.4 is 4.74 Å². The molecule has 34 heavy (non-hydrogen) atoms. The van der Waals surface area contributed by atoms with E-state index in [0.717, 1.165) is 6.26 Å². The molecule has 2 aromatic heterocycles. The van der Waals surface area contributed by atoms with E-state index in [1.807, 2.05) is 0 Å². The molecule has 3 rings (SSSR count). The maximum atomic E-state index is 13.4. The molecule has 1 aromatic carbocycles. The molecule has 3 aromatic rings. The van der Waals surface area contributed by atoms with Crippen molar-refractivity contribution in [1.82, 2.24) is 19.6 Å². The van der Waals surface area contributed by atoms with E-state index in [9.17, 15) is 23.1 Å². The third-order valence-electron chi connectivity index (χ3n) is 4.99. The molecule has 1 atom stereocenters. The SMILES string of the molecule is C#CC(O)Cc1c(S(C)(=O)=O)ccc(C(=O)c2cnn(C)c2OC(=O)c2cn(C)nc2C)c1Cl. The average molecular weight is 505 g/mol. The van der Waals surface area contributed by atoms with Crippen molar-refractivity contribution in [2.45, 2.75) is 24.3 Å². The Hall–Kier alpha value is -3.46. The quantitative estimate of drug-likeness (QED) is 0.291. The van der Waals surface area contributed by atoms with Gasteiger partial charge in [-0.3, -0.25) is 9.48 Å². The number of sulfone groups is 1. The minimum absolute atomic E-state index is 0.00823. The number of rotatable bonds is 7. The third-order valence-corrected chi connectivity index (χ3v) is 6.60. The van der Waals surface area contributed by atoms with Crippen molar-refractivity contribution < 1.29 is 27.9 Å². The van der Waals surface area contributed by atoms with Gasteiger partial charge in [-0.05, 0) is 24.6 Å². The number of ether oxygens (including phenoxy) is 1. The van der Waals surface area contributed by atoms with Crippen LogP contribution in [0.3, 0.4) is 0 Å². The Balaban J connectivity index is 2.06. The zero-order valence-corrected chi connectivity index (χ0v) is 20.3. The smallest absolute Gasteiger partial charge is 0.348 e. The monoisotopic (exact) mass is 504 g/mol. The topological polar surface area (TPSA) is 133 Å². The summed E-state index contributed by atoms with van der Waals surface area (Å²) in [6.07, 6.45) is 7.29. The molecule has 0 aliphatic rings. The Kier molecular flexibility index (Phi) is 6.97. The van der Waals surface area contributed by atoms with E-state index in [1.54, 1.807) is 14.0 Å². The van der Waals surface area contributed by atoms with Gasteiger partial charge in [0.05, 0.1) is 21.8 Å². The van der Waals surface area contributed by atoms with Crippen molar-refractivity contribution in [1.29, 1.82) is 0 Å². The molecule has 2 heterocycles. The van der Waals surface area contributed by atoms with Crippen LogP contribution in [-0.4, -0.2) is 57.2 Å². The highest BCUT2D eigenvalue weighted by molar-refractivity contribution is 7.90. The molecule has 1 N–H and O–H groups in total. The van der Waals surface area contributed by atoms with Crippen LogP contribution in [0.4, 0.5) is 0 Å². The predicted octanol–water partition coefficient (Wildman–Crippen LogP) is 1.51. The van der Waals surface area contributed by atoms with Gasteiger partial charge in [-0.15, -0.1) is 6.42 Å². The van der Waals surface area contributed by atoms with Crippen LogP contribution in [0.25, 0.3) is 0 Å². The summed E-state index contributed by atoms with van der Waals surface area (Å²) in [6.45, 7) is 1.64. The molecule has 10 nitrogen and oxygen atoms in total. The molecule has 0 aliphatic carbocycles.